The summed E-state index contributed by atoms with van der Waals surface area (Å²) in [4.78, 5) is 1.86. The molecule has 0 aromatic rings. The van der Waals surface area contributed by atoms with Gasteiger partial charge in [-0.05, 0) is 6.42 Å². The minimum atomic E-state index is -1.66. The highest BCUT2D eigenvalue weighted by atomic mass is 32.2. The number of hydrogen-bond acceptors (Lipinski definition) is 3. The molecule has 0 aliphatic carbocycles. The van der Waals surface area contributed by atoms with E-state index in [1.165, 1.54) is 11.8 Å². The summed E-state index contributed by atoms with van der Waals surface area (Å²) in [6.07, 6.45) is 0.724. The second kappa shape index (κ2) is 6.82. The molecular formula is C6H13NO2S3. The van der Waals surface area contributed by atoms with E-state index in [9.17, 15) is 4.21 Å². The van der Waals surface area contributed by atoms with E-state index >= 15 is 0 Å². The molecule has 0 bridgehead atoms. The summed E-state index contributed by atoms with van der Waals surface area (Å²) >= 11 is 4.88. The van der Waals surface area contributed by atoms with E-state index in [0.717, 1.165) is 16.5 Å². The zero-order chi connectivity index (χ0) is 9.56. The molecular weight excluding hydrogens is 214 g/mol. The highest BCUT2D eigenvalue weighted by Gasteiger charge is 2.00. The van der Waals surface area contributed by atoms with E-state index in [1.807, 2.05) is 19.0 Å². The van der Waals surface area contributed by atoms with Crippen LogP contribution in [0.1, 0.15) is 6.42 Å². The van der Waals surface area contributed by atoms with Crippen LogP contribution in [0.5, 0.6) is 0 Å². The van der Waals surface area contributed by atoms with Gasteiger partial charge in [0.15, 0.2) is 11.1 Å². The Kier molecular flexibility index (Phi) is 7.02. The van der Waals surface area contributed by atoms with Crippen molar-refractivity contribution in [3.63, 3.8) is 0 Å². The van der Waals surface area contributed by atoms with Crippen LogP contribution in [0.2, 0.25) is 0 Å². The van der Waals surface area contributed by atoms with Gasteiger partial charge >= 0.3 is 0 Å². The highest BCUT2D eigenvalue weighted by molar-refractivity contribution is 8.22. The normalized spacial score (nSPS) is 12.6. The van der Waals surface area contributed by atoms with Crippen LogP contribution in [0, 0.1) is 0 Å². The molecule has 0 heterocycles. The largest absolute Gasteiger partial charge is 0.364 e. The third-order valence-corrected chi connectivity index (χ3v) is 3.52. The molecule has 0 spiro atoms. The zero-order valence-electron chi connectivity index (χ0n) is 7.15. The van der Waals surface area contributed by atoms with Crippen molar-refractivity contribution in [2.24, 2.45) is 0 Å². The molecule has 6 heteroatoms. The minimum Gasteiger partial charge on any atom is -0.364 e. The van der Waals surface area contributed by atoms with Crippen molar-refractivity contribution in [3.8, 4) is 0 Å². The Labute approximate surface area is 85.2 Å². The van der Waals surface area contributed by atoms with Crippen LogP contribution in [-0.4, -0.2) is 43.6 Å². The molecule has 0 rings (SSSR count). The maximum absolute atomic E-state index is 10.2. The standard InChI is InChI=1S/C6H13NO2S3/c1-7(2)6(10)11-4-3-5-12(8)9/h3-5H2,1-2H3,(H,8,9). The molecule has 0 fully saturated rings. The number of hydrogen-bond donors (Lipinski definition) is 1. The Balaban J connectivity index is 3.32. The highest BCUT2D eigenvalue weighted by Crippen LogP contribution is 2.07. The maximum atomic E-state index is 10.2. The average Bonchev–Trinajstić information content (AvgIpc) is 1.97. The molecule has 1 unspecified atom stereocenters. The lowest BCUT2D eigenvalue weighted by molar-refractivity contribution is 0.563. The van der Waals surface area contributed by atoms with Gasteiger partial charge in [0, 0.05) is 19.8 Å². The first-order valence-corrected chi connectivity index (χ1v) is 6.12. The van der Waals surface area contributed by atoms with Crippen LogP contribution in [0.25, 0.3) is 0 Å². The van der Waals surface area contributed by atoms with Crippen molar-refractivity contribution < 1.29 is 8.76 Å². The molecule has 0 saturated carbocycles. The molecule has 1 atom stereocenters. The van der Waals surface area contributed by atoms with Gasteiger partial charge in [0.2, 0.25) is 0 Å². The van der Waals surface area contributed by atoms with E-state index in [1.54, 1.807) is 0 Å². The Bertz CT molecular complexity index is 172. The molecule has 72 valence electrons. The summed E-state index contributed by atoms with van der Waals surface area (Å²) in [7, 11) is 3.78. The van der Waals surface area contributed by atoms with Gasteiger partial charge in [-0.2, -0.15) is 0 Å². The van der Waals surface area contributed by atoms with Gasteiger partial charge in [-0.1, -0.05) is 24.0 Å². The second-order valence-corrected chi connectivity index (χ2v) is 5.17. The van der Waals surface area contributed by atoms with Crippen molar-refractivity contribution in [1.29, 1.82) is 0 Å². The molecule has 0 aromatic carbocycles. The fourth-order valence-corrected chi connectivity index (χ4v) is 2.02. The predicted molar refractivity (Wildman–Crippen MR) is 59.0 cm³/mol. The minimum absolute atomic E-state index is 0.336. The first-order valence-electron chi connectivity index (χ1n) is 3.45. The van der Waals surface area contributed by atoms with E-state index in [2.05, 4.69) is 0 Å². The van der Waals surface area contributed by atoms with Crippen LogP contribution in [0.4, 0.5) is 0 Å². The fraction of sp³-hybridized carbons (Fsp3) is 0.833. The molecule has 0 aliphatic heterocycles. The predicted octanol–water partition coefficient (Wildman–Crippen LogP) is 1.18. The Morgan fingerprint density at radius 1 is 1.67 bits per heavy atom. The number of thioether (sulfide) groups is 1. The monoisotopic (exact) mass is 227 g/mol. The van der Waals surface area contributed by atoms with Crippen LogP contribution >= 0.6 is 24.0 Å². The summed E-state index contributed by atoms with van der Waals surface area (Å²) in [5, 5.41) is 0. The summed E-state index contributed by atoms with van der Waals surface area (Å²) in [5.74, 6) is 1.15. The van der Waals surface area contributed by atoms with Gasteiger partial charge < -0.3 is 9.45 Å². The first-order chi connectivity index (χ1) is 5.54. The Morgan fingerprint density at radius 3 is 2.67 bits per heavy atom. The van der Waals surface area contributed by atoms with Crippen molar-refractivity contribution in [3.05, 3.63) is 0 Å². The molecule has 0 radical (unpaired) electrons. The van der Waals surface area contributed by atoms with Crippen molar-refractivity contribution in [2.45, 2.75) is 6.42 Å². The van der Waals surface area contributed by atoms with E-state index in [0.29, 0.717) is 5.75 Å². The second-order valence-electron chi connectivity index (χ2n) is 2.39. The van der Waals surface area contributed by atoms with Gasteiger partial charge in [-0.25, -0.2) is 4.21 Å². The number of thiocarbonyl (C=S) groups is 1. The van der Waals surface area contributed by atoms with E-state index < -0.39 is 11.1 Å². The number of nitrogens with zero attached hydrogens (tertiary/aromatic N) is 1. The molecule has 1 N–H and O–H groups in total. The molecule has 3 nitrogen and oxygen atoms in total. The lowest BCUT2D eigenvalue weighted by Crippen LogP contribution is -2.16. The van der Waals surface area contributed by atoms with Crippen molar-refractivity contribution >= 4 is 39.4 Å². The number of rotatable bonds is 4. The van der Waals surface area contributed by atoms with Gasteiger partial charge in [-0.15, -0.1) is 0 Å². The quantitative estimate of drug-likeness (QED) is 0.444. The van der Waals surface area contributed by atoms with Crippen molar-refractivity contribution in [1.82, 2.24) is 4.90 Å². The first kappa shape index (κ1) is 12.3. The smallest absolute Gasteiger partial charge is 0.152 e. The third-order valence-electron chi connectivity index (χ3n) is 1.05. The molecule has 0 aromatic heterocycles. The van der Waals surface area contributed by atoms with Crippen LogP contribution in [-0.2, 0) is 11.1 Å². The average molecular weight is 227 g/mol. The maximum Gasteiger partial charge on any atom is 0.152 e. The van der Waals surface area contributed by atoms with Crippen molar-refractivity contribution in [2.75, 3.05) is 25.6 Å². The zero-order valence-corrected chi connectivity index (χ0v) is 9.60. The van der Waals surface area contributed by atoms with E-state index in [4.69, 9.17) is 16.8 Å². The summed E-state index contributed by atoms with van der Waals surface area (Å²) in [6, 6.07) is 0. The fourth-order valence-electron chi connectivity index (χ4n) is 0.471. The van der Waals surface area contributed by atoms with Crippen LogP contribution in [0.15, 0.2) is 0 Å². The molecule has 0 amide bonds. The Hall–Kier alpha value is 0.350. The molecule has 0 saturated heterocycles. The lowest BCUT2D eigenvalue weighted by atomic mass is 10.6. The van der Waals surface area contributed by atoms with E-state index in [-0.39, 0.29) is 0 Å². The lowest BCUT2D eigenvalue weighted by Gasteiger charge is -2.11. The SMILES string of the molecule is CN(C)C(=S)SCCCS(=O)O. The molecule has 0 aliphatic rings. The summed E-state index contributed by atoms with van der Waals surface area (Å²) < 4.78 is 19.5. The third kappa shape index (κ3) is 7.02. The van der Waals surface area contributed by atoms with Gasteiger partial charge in [0.05, 0.1) is 5.75 Å². The van der Waals surface area contributed by atoms with Gasteiger partial charge in [0.1, 0.15) is 4.32 Å². The Morgan fingerprint density at radius 2 is 2.25 bits per heavy atom. The summed E-state index contributed by atoms with van der Waals surface area (Å²) in [6.45, 7) is 0. The van der Waals surface area contributed by atoms with Crippen LogP contribution in [0.3, 0.4) is 0 Å². The molecule has 12 heavy (non-hydrogen) atoms. The van der Waals surface area contributed by atoms with Gasteiger partial charge in [-0.3, -0.25) is 0 Å². The van der Waals surface area contributed by atoms with Crippen LogP contribution < -0.4 is 0 Å². The van der Waals surface area contributed by atoms with Gasteiger partial charge in [0.25, 0.3) is 0 Å². The summed E-state index contributed by atoms with van der Waals surface area (Å²) in [5.41, 5.74) is 0. The topological polar surface area (TPSA) is 40.5 Å².